The summed E-state index contributed by atoms with van der Waals surface area (Å²) >= 11 is 5.73. The number of methoxy groups -OCH3 is 1. The summed E-state index contributed by atoms with van der Waals surface area (Å²) in [6, 6.07) is 1.86. The van der Waals surface area contributed by atoms with E-state index in [4.69, 9.17) is 11.6 Å². The number of hydrogen-bond acceptors (Lipinski definition) is 4. The Morgan fingerprint density at radius 2 is 2.53 bits per heavy atom. The Labute approximate surface area is 93.4 Å². The summed E-state index contributed by atoms with van der Waals surface area (Å²) in [4.78, 5) is 10.9. The second-order valence-corrected chi connectivity index (χ2v) is 3.49. The third-order valence-electron chi connectivity index (χ3n) is 1.86. The molecular formula is C9H14ClN3O2. The average molecular weight is 232 g/mol. The first-order valence-electron chi connectivity index (χ1n) is 4.64. The van der Waals surface area contributed by atoms with Gasteiger partial charge in [0.25, 0.3) is 0 Å². The molecule has 0 bridgehead atoms. The SMILES string of the molecule is COC(=O)C(Cl)CNCCn1cccn1. The van der Waals surface area contributed by atoms with Crippen LogP contribution in [0.25, 0.3) is 0 Å². The minimum atomic E-state index is -0.632. The Kier molecular flexibility index (Phi) is 5.14. The molecular weight excluding hydrogens is 218 g/mol. The van der Waals surface area contributed by atoms with E-state index in [2.05, 4.69) is 15.2 Å². The van der Waals surface area contributed by atoms with Crippen molar-refractivity contribution in [2.45, 2.75) is 11.9 Å². The minimum absolute atomic E-state index is 0.398. The van der Waals surface area contributed by atoms with Crippen molar-refractivity contribution < 1.29 is 9.53 Å². The molecule has 0 aliphatic carbocycles. The Bertz CT molecular complexity index is 290. The van der Waals surface area contributed by atoms with Gasteiger partial charge in [-0.15, -0.1) is 11.6 Å². The van der Waals surface area contributed by atoms with E-state index in [0.717, 1.165) is 6.54 Å². The number of carbonyl (C=O) groups excluding carboxylic acids is 1. The van der Waals surface area contributed by atoms with Gasteiger partial charge >= 0.3 is 5.97 Å². The van der Waals surface area contributed by atoms with E-state index in [1.807, 2.05) is 12.3 Å². The van der Waals surface area contributed by atoms with Gasteiger partial charge in [0.15, 0.2) is 0 Å². The third-order valence-corrected chi connectivity index (χ3v) is 2.19. The molecule has 0 aromatic carbocycles. The first kappa shape index (κ1) is 12.0. The number of hydrogen-bond donors (Lipinski definition) is 1. The van der Waals surface area contributed by atoms with Crippen molar-refractivity contribution in [1.82, 2.24) is 15.1 Å². The molecule has 0 aliphatic heterocycles. The van der Waals surface area contributed by atoms with Gasteiger partial charge < -0.3 is 10.1 Å². The minimum Gasteiger partial charge on any atom is -0.468 e. The summed E-state index contributed by atoms with van der Waals surface area (Å²) in [5.41, 5.74) is 0. The molecule has 1 N–H and O–H groups in total. The number of nitrogens with one attached hydrogen (secondary N) is 1. The number of nitrogens with zero attached hydrogens (tertiary/aromatic N) is 2. The van der Waals surface area contributed by atoms with Gasteiger partial charge in [0.05, 0.1) is 13.7 Å². The number of alkyl halides is 1. The Morgan fingerprint density at radius 3 is 3.13 bits per heavy atom. The fraction of sp³-hybridized carbons (Fsp3) is 0.556. The third kappa shape index (κ3) is 4.31. The molecule has 6 heteroatoms. The number of halogens is 1. The van der Waals surface area contributed by atoms with Crippen LogP contribution in [0.4, 0.5) is 0 Å². The molecule has 1 unspecified atom stereocenters. The molecule has 0 saturated carbocycles. The fourth-order valence-electron chi connectivity index (χ4n) is 1.07. The highest BCUT2D eigenvalue weighted by atomic mass is 35.5. The van der Waals surface area contributed by atoms with E-state index in [1.54, 1.807) is 10.9 Å². The lowest BCUT2D eigenvalue weighted by atomic mass is 10.4. The topological polar surface area (TPSA) is 56.1 Å². The summed E-state index contributed by atoms with van der Waals surface area (Å²) in [6.07, 6.45) is 3.60. The Balaban J connectivity index is 2.09. The summed E-state index contributed by atoms with van der Waals surface area (Å²) in [5.74, 6) is -0.414. The maximum absolute atomic E-state index is 10.9. The normalized spacial score (nSPS) is 12.4. The van der Waals surface area contributed by atoms with E-state index in [0.29, 0.717) is 13.1 Å². The van der Waals surface area contributed by atoms with E-state index in [-0.39, 0.29) is 0 Å². The molecule has 1 atom stereocenters. The average Bonchev–Trinajstić information content (AvgIpc) is 2.75. The van der Waals surface area contributed by atoms with Gasteiger partial charge in [-0.1, -0.05) is 0 Å². The van der Waals surface area contributed by atoms with Crippen LogP contribution in [-0.2, 0) is 16.1 Å². The summed E-state index contributed by atoms with van der Waals surface area (Å²) in [6.45, 7) is 1.86. The summed E-state index contributed by atoms with van der Waals surface area (Å²) in [7, 11) is 1.32. The molecule has 5 nitrogen and oxygen atoms in total. The van der Waals surface area contributed by atoms with Crippen LogP contribution in [-0.4, -0.2) is 41.3 Å². The van der Waals surface area contributed by atoms with Crippen molar-refractivity contribution in [3.05, 3.63) is 18.5 Å². The smallest absolute Gasteiger partial charge is 0.325 e. The van der Waals surface area contributed by atoms with Crippen LogP contribution in [0.15, 0.2) is 18.5 Å². The highest BCUT2D eigenvalue weighted by Crippen LogP contribution is 1.95. The lowest BCUT2D eigenvalue weighted by Gasteiger charge is -2.08. The van der Waals surface area contributed by atoms with Crippen LogP contribution in [0.3, 0.4) is 0 Å². The van der Waals surface area contributed by atoms with Crippen molar-refractivity contribution in [2.24, 2.45) is 0 Å². The monoisotopic (exact) mass is 231 g/mol. The van der Waals surface area contributed by atoms with E-state index in [1.165, 1.54) is 7.11 Å². The molecule has 1 rings (SSSR count). The summed E-state index contributed by atoms with van der Waals surface area (Å²) in [5, 5.41) is 6.45. The van der Waals surface area contributed by atoms with Gasteiger partial charge in [-0.3, -0.25) is 9.48 Å². The molecule has 0 saturated heterocycles. The molecule has 1 aromatic rings. The first-order valence-corrected chi connectivity index (χ1v) is 5.07. The zero-order valence-corrected chi connectivity index (χ0v) is 9.28. The van der Waals surface area contributed by atoms with Crippen molar-refractivity contribution in [3.8, 4) is 0 Å². The van der Waals surface area contributed by atoms with Crippen LogP contribution in [0.2, 0.25) is 0 Å². The Hall–Kier alpha value is -1.07. The van der Waals surface area contributed by atoms with Crippen LogP contribution in [0.5, 0.6) is 0 Å². The van der Waals surface area contributed by atoms with Gasteiger partial charge in [-0.2, -0.15) is 5.10 Å². The van der Waals surface area contributed by atoms with Gasteiger partial charge in [0.2, 0.25) is 0 Å². The molecule has 1 aromatic heterocycles. The van der Waals surface area contributed by atoms with Gasteiger partial charge in [-0.05, 0) is 6.07 Å². The molecule has 0 fully saturated rings. The van der Waals surface area contributed by atoms with Crippen molar-refractivity contribution in [3.63, 3.8) is 0 Å². The Morgan fingerprint density at radius 1 is 1.73 bits per heavy atom. The largest absolute Gasteiger partial charge is 0.468 e. The molecule has 15 heavy (non-hydrogen) atoms. The van der Waals surface area contributed by atoms with Gasteiger partial charge in [-0.25, -0.2) is 0 Å². The molecule has 0 aliphatic rings. The lowest BCUT2D eigenvalue weighted by molar-refractivity contribution is -0.140. The fourth-order valence-corrected chi connectivity index (χ4v) is 1.26. The quantitative estimate of drug-likeness (QED) is 0.433. The predicted octanol–water partition coefficient (Wildman–Crippen LogP) is 0.253. The van der Waals surface area contributed by atoms with Crippen LogP contribution in [0, 0.1) is 0 Å². The summed E-state index contributed by atoms with van der Waals surface area (Å²) < 4.78 is 6.29. The van der Waals surface area contributed by atoms with E-state index < -0.39 is 11.3 Å². The maximum Gasteiger partial charge on any atom is 0.325 e. The molecule has 0 amide bonds. The molecule has 84 valence electrons. The lowest BCUT2D eigenvalue weighted by Crippen LogP contribution is -2.32. The molecule has 1 heterocycles. The second kappa shape index (κ2) is 6.42. The maximum atomic E-state index is 10.9. The van der Waals surface area contributed by atoms with Crippen molar-refractivity contribution in [1.29, 1.82) is 0 Å². The van der Waals surface area contributed by atoms with Gasteiger partial charge in [0.1, 0.15) is 5.38 Å². The number of esters is 1. The molecule has 0 radical (unpaired) electrons. The van der Waals surface area contributed by atoms with Crippen LogP contribution in [0.1, 0.15) is 0 Å². The van der Waals surface area contributed by atoms with Crippen LogP contribution >= 0.6 is 11.6 Å². The van der Waals surface area contributed by atoms with Gasteiger partial charge in [0, 0.05) is 25.5 Å². The highest BCUT2D eigenvalue weighted by molar-refractivity contribution is 6.30. The van der Waals surface area contributed by atoms with Crippen molar-refractivity contribution >= 4 is 17.6 Å². The first-order chi connectivity index (χ1) is 7.24. The van der Waals surface area contributed by atoms with E-state index in [9.17, 15) is 4.79 Å². The van der Waals surface area contributed by atoms with E-state index >= 15 is 0 Å². The predicted molar refractivity (Wildman–Crippen MR) is 56.8 cm³/mol. The number of ether oxygens (including phenoxy) is 1. The standard InChI is InChI=1S/C9H14ClN3O2/c1-15-9(14)8(10)7-11-4-6-13-5-2-3-12-13/h2-3,5,8,11H,4,6-7H2,1H3. The number of carbonyl (C=O) groups is 1. The number of aromatic nitrogens is 2. The molecule has 0 spiro atoms. The van der Waals surface area contributed by atoms with Crippen LogP contribution < -0.4 is 5.32 Å². The number of rotatable bonds is 6. The zero-order valence-electron chi connectivity index (χ0n) is 8.52. The van der Waals surface area contributed by atoms with Crippen molar-refractivity contribution in [2.75, 3.05) is 20.2 Å². The highest BCUT2D eigenvalue weighted by Gasteiger charge is 2.14. The second-order valence-electron chi connectivity index (χ2n) is 2.96. The zero-order chi connectivity index (χ0) is 11.1.